The summed E-state index contributed by atoms with van der Waals surface area (Å²) in [5.74, 6) is 0.532. The number of anilines is 1. The van der Waals surface area contributed by atoms with Crippen LogP contribution in [-0.2, 0) is 10.0 Å². The number of alkyl halides is 1. The number of benzene rings is 1. The van der Waals surface area contributed by atoms with Crippen LogP contribution in [0.5, 0.6) is 5.75 Å². The molecule has 1 N–H and O–H groups in total. The summed E-state index contributed by atoms with van der Waals surface area (Å²) >= 11 is 2.90. The molecule has 0 spiro atoms. The molecule has 15 heavy (non-hydrogen) atoms. The van der Waals surface area contributed by atoms with Crippen LogP contribution in [0.2, 0.25) is 0 Å². The van der Waals surface area contributed by atoms with Gasteiger partial charge in [-0.1, -0.05) is 28.1 Å². The lowest BCUT2D eigenvalue weighted by molar-refractivity contribution is 0.342. The van der Waals surface area contributed by atoms with Gasteiger partial charge in [0.15, 0.2) is 0 Å². The standard InChI is InChI=1S/C9H12BrNO3S/c1-2-14-9-6-4-3-5-8(9)11-15(12,13)7-10/h3-6,11H,2,7H2,1H3. The molecule has 0 aliphatic heterocycles. The lowest BCUT2D eigenvalue weighted by atomic mass is 10.3. The van der Waals surface area contributed by atoms with Gasteiger partial charge in [-0.05, 0) is 19.1 Å². The molecule has 0 aliphatic rings. The van der Waals surface area contributed by atoms with Gasteiger partial charge < -0.3 is 4.74 Å². The minimum Gasteiger partial charge on any atom is -0.492 e. The first-order valence-corrected chi connectivity index (χ1v) is 7.14. The first kappa shape index (κ1) is 12.3. The maximum atomic E-state index is 11.3. The maximum Gasteiger partial charge on any atom is 0.242 e. The van der Waals surface area contributed by atoms with Gasteiger partial charge in [0.1, 0.15) is 10.4 Å². The SMILES string of the molecule is CCOc1ccccc1NS(=O)(=O)CBr. The van der Waals surface area contributed by atoms with Gasteiger partial charge in [-0.3, -0.25) is 4.72 Å². The minimum atomic E-state index is -3.33. The lowest BCUT2D eigenvalue weighted by Gasteiger charge is -2.11. The molecule has 0 unspecified atom stereocenters. The Morgan fingerprint density at radius 1 is 1.40 bits per heavy atom. The smallest absolute Gasteiger partial charge is 0.242 e. The highest BCUT2D eigenvalue weighted by Gasteiger charge is 2.10. The van der Waals surface area contributed by atoms with E-state index in [1.165, 1.54) is 0 Å². The molecule has 6 heteroatoms. The average Bonchev–Trinajstić information content (AvgIpc) is 2.21. The highest BCUT2D eigenvalue weighted by Crippen LogP contribution is 2.24. The zero-order chi connectivity index (χ0) is 11.3. The van der Waals surface area contributed by atoms with Crippen molar-refractivity contribution < 1.29 is 13.2 Å². The van der Waals surface area contributed by atoms with E-state index in [2.05, 4.69) is 20.7 Å². The van der Waals surface area contributed by atoms with Gasteiger partial charge >= 0.3 is 0 Å². The Kier molecular flexibility index (Phi) is 4.41. The second-order valence-electron chi connectivity index (χ2n) is 2.76. The number of hydrogen-bond acceptors (Lipinski definition) is 3. The van der Waals surface area contributed by atoms with Crippen LogP contribution in [0.1, 0.15) is 6.92 Å². The van der Waals surface area contributed by atoms with Crippen molar-refractivity contribution in [2.24, 2.45) is 0 Å². The summed E-state index contributed by atoms with van der Waals surface area (Å²) in [5.41, 5.74) is 0.457. The molecule has 0 atom stereocenters. The summed E-state index contributed by atoms with van der Waals surface area (Å²) in [6, 6.07) is 6.91. The monoisotopic (exact) mass is 293 g/mol. The van der Waals surface area contributed by atoms with Crippen LogP contribution >= 0.6 is 15.9 Å². The van der Waals surface area contributed by atoms with Crippen molar-refractivity contribution in [3.63, 3.8) is 0 Å². The zero-order valence-electron chi connectivity index (χ0n) is 8.23. The third-order valence-corrected chi connectivity index (χ3v) is 4.22. The van der Waals surface area contributed by atoms with E-state index in [0.29, 0.717) is 18.0 Å². The Balaban J connectivity index is 2.94. The van der Waals surface area contributed by atoms with Crippen molar-refractivity contribution in [1.29, 1.82) is 0 Å². The summed E-state index contributed by atoms with van der Waals surface area (Å²) in [7, 11) is -3.33. The Bertz CT molecular complexity index is 419. The van der Waals surface area contributed by atoms with Crippen LogP contribution in [0.3, 0.4) is 0 Å². The number of para-hydroxylation sites is 2. The quantitative estimate of drug-likeness (QED) is 0.847. The van der Waals surface area contributed by atoms with Gasteiger partial charge in [-0.2, -0.15) is 0 Å². The third-order valence-electron chi connectivity index (χ3n) is 1.60. The molecular formula is C9H12BrNO3S. The van der Waals surface area contributed by atoms with E-state index in [4.69, 9.17) is 4.74 Å². The fourth-order valence-electron chi connectivity index (χ4n) is 1.03. The second kappa shape index (κ2) is 5.37. The van der Waals surface area contributed by atoms with Gasteiger partial charge in [-0.25, -0.2) is 8.42 Å². The summed E-state index contributed by atoms with van der Waals surface area (Å²) < 4.78 is 30.2. The molecular weight excluding hydrogens is 282 g/mol. The molecule has 0 radical (unpaired) electrons. The molecule has 0 heterocycles. The zero-order valence-corrected chi connectivity index (χ0v) is 10.6. The van der Waals surface area contributed by atoms with E-state index in [-0.39, 0.29) is 4.66 Å². The van der Waals surface area contributed by atoms with Gasteiger partial charge in [0.2, 0.25) is 10.0 Å². The Morgan fingerprint density at radius 3 is 2.67 bits per heavy atom. The van der Waals surface area contributed by atoms with Crippen molar-refractivity contribution in [2.75, 3.05) is 16.0 Å². The van der Waals surface area contributed by atoms with Crippen LogP contribution in [0.15, 0.2) is 24.3 Å². The van der Waals surface area contributed by atoms with Crippen molar-refractivity contribution in [1.82, 2.24) is 0 Å². The van der Waals surface area contributed by atoms with Crippen LogP contribution < -0.4 is 9.46 Å². The molecule has 84 valence electrons. The van der Waals surface area contributed by atoms with E-state index in [1.54, 1.807) is 24.3 Å². The van der Waals surface area contributed by atoms with Crippen LogP contribution in [0.25, 0.3) is 0 Å². The fraction of sp³-hybridized carbons (Fsp3) is 0.333. The van der Waals surface area contributed by atoms with Crippen molar-refractivity contribution in [2.45, 2.75) is 6.92 Å². The Labute approximate surface area is 97.8 Å². The molecule has 1 aromatic carbocycles. The van der Waals surface area contributed by atoms with Crippen LogP contribution in [0, 0.1) is 0 Å². The van der Waals surface area contributed by atoms with Crippen LogP contribution in [0.4, 0.5) is 5.69 Å². The van der Waals surface area contributed by atoms with Crippen molar-refractivity contribution in [3.05, 3.63) is 24.3 Å². The van der Waals surface area contributed by atoms with E-state index < -0.39 is 10.0 Å². The van der Waals surface area contributed by atoms with E-state index in [1.807, 2.05) is 6.92 Å². The predicted molar refractivity (Wildman–Crippen MR) is 63.9 cm³/mol. The fourth-order valence-corrected chi connectivity index (χ4v) is 1.93. The minimum absolute atomic E-state index is 0.138. The Morgan fingerprint density at radius 2 is 2.07 bits per heavy atom. The van der Waals surface area contributed by atoms with Crippen molar-refractivity contribution in [3.8, 4) is 5.75 Å². The number of sulfonamides is 1. The molecule has 0 bridgehead atoms. The predicted octanol–water partition coefficient (Wildman–Crippen LogP) is 2.18. The topological polar surface area (TPSA) is 55.4 Å². The molecule has 4 nitrogen and oxygen atoms in total. The summed E-state index contributed by atoms with van der Waals surface area (Å²) in [6.45, 7) is 2.34. The first-order chi connectivity index (χ1) is 7.09. The summed E-state index contributed by atoms with van der Waals surface area (Å²) in [5, 5.41) is 0. The molecule has 0 saturated heterocycles. The average molecular weight is 294 g/mol. The maximum absolute atomic E-state index is 11.3. The molecule has 0 amide bonds. The molecule has 0 saturated carbocycles. The van der Waals surface area contributed by atoms with E-state index in [9.17, 15) is 8.42 Å². The van der Waals surface area contributed by atoms with Gasteiger partial charge in [0, 0.05) is 0 Å². The normalized spacial score (nSPS) is 11.1. The highest BCUT2D eigenvalue weighted by atomic mass is 79.9. The number of nitrogens with one attached hydrogen (secondary N) is 1. The molecule has 0 aliphatic carbocycles. The third kappa shape index (κ3) is 3.71. The number of hydrogen-bond donors (Lipinski definition) is 1. The van der Waals surface area contributed by atoms with Gasteiger partial charge in [0.25, 0.3) is 0 Å². The number of rotatable bonds is 5. The summed E-state index contributed by atoms with van der Waals surface area (Å²) in [4.78, 5) is 0. The highest BCUT2D eigenvalue weighted by molar-refractivity contribution is 9.10. The van der Waals surface area contributed by atoms with E-state index in [0.717, 1.165) is 0 Å². The molecule has 1 rings (SSSR count). The molecule has 0 aromatic heterocycles. The number of ether oxygens (including phenoxy) is 1. The first-order valence-electron chi connectivity index (χ1n) is 4.37. The largest absolute Gasteiger partial charge is 0.492 e. The molecule has 0 fully saturated rings. The Hall–Kier alpha value is -0.750. The van der Waals surface area contributed by atoms with E-state index >= 15 is 0 Å². The number of halogens is 1. The summed E-state index contributed by atoms with van der Waals surface area (Å²) in [6.07, 6.45) is 0. The van der Waals surface area contributed by atoms with Crippen molar-refractivity contribution >= 4 is 31.6 Å². The van der Waals surface area contributed by atoms with Gasteiger partial charge in [0.05, 0.1) is 12.3 Å². The molecule has 1 aromatic rings. The van der Waals surface area contributed by atoms with Gasteiger partial charge in [-0.15, -0.1) is 0 Å². The van der Waals surface area contributed by atoms with Crippen LogP contribution in [-0.4, -0.2) is 19.7 Å². The second-order valence-corrected chi connectivity index (χ2v) is 5.78. The lowest BCUT2D eigenvalue weighted by Crippen LogP contribution is -2.14.